The number of hydrogen-bond acceptors (Lipinski definition) is 5. The van der Waals surface area contributed by atoms with Crippen LogP contribution in [0.2, 0.25) is 0 Å². The number of piperidine rings is 1. The number of fused-ring (bicyclic) bond motifs is 1. The van der Waals surface area contributed by atoms with Gasteiger partial charge in [0, 0.05) is 54.0 Å². The fourth-order valence-corrected chi connectivity index (χ4v) is 6.22. The number of carbonyl (C=O) groups excluding carboxylic acids is 1. The lowest BCUT2D eigenvalue weighted by atomic mass is 10.1. The van der Waals surface area contributed by atoms with Gasteiger partial charge in [-0.2, -0.15) is 0 Å². The number of urea groups is 1. The zero-order valence-electron chi connectivity index (χ0n) is 28.1. The van der Waals surface area contributed by atoms with E-state index in [4.69, 9.17) is 14.2 Å². The molecule has 0 atom stereocenters. The Labute approximate surface area is 274 Å². The topological polar surface area (TPSA) is 77.0 Å². The molecule has 46 heavy (non-hydrogen) atoms. The van der Waals surface area contributed by atoms with Crippen molar-refractivity contribution in [3.63, 3.8) is 0 Å². The second kappa shape index (κ2) is 15.9. The van der Waals surface area contributed by atoms with Gasteiger partial charge in [-0.1, -0.05) is 27.2 Å². The first-order valence-corrected chi connectivity index (χ1v) is 17.0. The van der Waals surface area contributed by atoms with E-state index in [1.54, 1.807) is 13.2 Å². The van der Waals surface area contributed by atoms with Crippen molar-refractivity contribution in [2.75, 3.05) is 32.1 Å². The molecule has 1 aliphatic heterocycles. The summed E-state index contributed by atoms with van der Waals surface area (Å²) < 4.78 is 20.6. The van der Waals surface area contributed by atoms with Crippen LogP contribution in [0.3, 0.4) is 0 Å². The highest BCUT2D eigenvalue weighted by Gasteiger charge is 2.20. The first-order chi connectivity index (χ1) is 22.4. The number of benzene rings is 3. The zero-order chi connectivity index (χ0) is 32.5. The molecule has 2 amide bonds. The van der Waals surface area contributed by atoms with Crippen LogP contribution < -0.4 is 24.8 Å². The lowest BCUT2D eigenvalue weighted by Gasteiger charge is -2.32. The molecule has 1 fully saturated rings. The van der Waals surface area contributed by atoms with E-state index in [0.29, 0.717) is 22.9 Å². The summed E-state index contributed by atoms with van der Waals surface area (Å²) in [5.74, 6) is 2.76. The van der Waals surface area contributed by atoms with Crippen molar-refractivity contribution >= 4 is 22.6 Å². The van der Waals surface area contributed by atoms with Crippen LogP contribution in [0.4, 0.5) is 10.5 Å². The van der Waals surface area contributed by atoms with E-state index >= 15 is 0 Å². The molecule has 5 rings (SSSR count). The standard InChI is InChI=1S/C38H50N4O4/c1-6-10-21-41-22-19-32(20-23-41)45-31-14-11-27(12-15-31)35-25-28-24-33(16-17-34(28)42(35)9-4)46-36-18-13-30(26-37(36)44-5)40-38(43)39-29(7-2)8-3/h11-18,24-26,29,32H,6-10,19-23H2,1-5H3,(H2,39,40,43). The third kappa shape index (κ3) is 8.15. The molecule has 8 heteroatoms. The van der Waals surface area contributed by atoms with Gasteiger partial charge in [0.1, 0.15) is 17.6 Å². The molecule has 0 unspecified atom stereocenters. The lowest BCUT2D eigenvalue weighted by molar-refractivity contribution is 0.0998. The minimum Gasteiger partial charge on any atom is -0.493 e. The number of unbranched alkanes of at least 4 members (excludes halogenated alkanes) is 1. The summed E-state index contributed by atoms with van der Waals surface area (Å²) in [6.07, 6.45) is 6.75. The fraction of sp³-hybridized carbons (Fsp3) is 0.447. The van der Waals surface area contributed by atoms with E-state index in [0.717, 1.165) is 73.2 Å². The minimum absolute atomic E-state index is 0.143. The first kappa shape index (κ1) is 33.2. The molecule has 0 bridgehead atoms. The lowest BCUT2D eigenvalue weighted by Crippen LogP contribution is -2.38. The Balaban J connectivity index is 1.26. The Bertz CT molecular complexity index is 1570. The average Bonchev–Trinajstić information content (AvgIpc) is 3.45. The summed E-state index contributed by atoms with van der Waals surface area (Å²) >= 11 is 0. The third-order valence-corrected chi connectivity index (χ3v) is 8.97. The van der Waals surface area contributed by atoms with Gasteiger partial charge in [0.15, 0.2) is 11.5 Å². The molecule has 0 aliphatic carbocycles. The number of methoxy groups -OCH3 is 1. The second-order valence-electron chi connectivity index (χ2n) is 12.1. The van der Waals surface area contributed by atoms with Gasteiger partial charge in [0.2, 0.25) is 0 Å². The number of aryl methyl sites for hydroxylation is 1. The number of anilines is 1. The Morgan fingerprint density at radius 3 is 2.30 bits per heavy atom. The van der Waals surface area contributed by atoms with Crippen molar-refractivity contribution in [2.45, 2.75) is 84.9 Å². The number of aromatic nitrogens is 1. The molecule has 0 radical (unpaired) electrons. The Morgan fingerprint density at radius 1 is 0.891 bits per heavy atom. The van der Waals surface area contributed by atoms with E-state index in [1.165, 1.54) is 19.4 Å². The molecule has 1 saturated heterocycles. The number of amides is 2. The summed E-state index contributed by atoms with van der Waals surface area (Å²) in [5.41, 5.74) is 4.09. The maximum absolute atomic E-state index is 12.4. The van der Waals surface area contributed by atoms with Crippen molar-refractivity contribution in [1.82, 2.24) is 14.8 Å². The van der Waals surface area contributed by atoms with Crippen molar-refractivity contribution < 1.29 is 19.0 Å². The minimum atomic E-state index is -0.230. The van der Waals surface area contributed by atoms with Crippen LogP contribution in [-0.4, -0.2) is 54.4 Å². The first-order valence-electron chi connectivity index (χ1n) is 17.0. The molecule has 246 valence electrons. The van der Waals surface area contributed by atoms with Crippen LogP contribution >= 0.6 is 0 Å². The van der Waals surface area contributed by atoms with E-state index in [2.05, 4.69) is 90.3 Å². The number of nitrogens with zero attached hydrogens (tertiary/aromatic N) is 2. The second-order valence-corrected chi connectivity index (χ2v) is 12.1. The summed E-state index contributed by atoms with van der Waals surface area (Å²) in [5, 5.41) is 6.98. The third-order valence-electron chi connectivity index (χ3n) is 8.97. The predicted molar refractivity (Wildman–Crippen MR) is 188 cm³/mol. The van der Waals surface area contributed by atoms with Gasteiger partial charge in [0.25, 0.3) is 0 Å². The van der Waals surface area contributed by atoms with Crippen LogP contribution in [0.25, 0.3) is 22.2 Å². The highest BCUT2D eigenvalue weighted by molar-refractivity contribution is 5.90. The zero-order valence-corrected chi connectivity index (χ0v) is 28.1. The van der Waals surface area contributed by atoms with Gasteiger partial charge < -0.3 is 34.3 Å². The molecule has 2 heterocycles. The van der Waals surface area contributed by atoms with Crippen molar-refractivity contribution in [2.24, 2.45) is 0 Å². The highest BCUT2D eigenvalue weighted by atomic mass is 16.5. The molecular weight excluding hydrogens is 576 g/mol. The maximum atomic E-state index is 12.4. The molecular formula is C38H50N4O4. The SMILES string of the molecule is CCCCN1CCC(Oc2ccc(-c3cc4cc(Oc5ccc(NC(=O)NC(CC)CC)cc5OC)ccc4n3CC)cc2)CC1. The number of rotatable bonds is 14. The normalized spacial score (nSPS) is 14.0. The van der Waals surface area contributed by atoms with E-state index in [1.807, 2.05) is 18.2 Å². The predicted octanol–water partition coefficient (Wildman–Crippen LogP) is 9.08. The highest BCUT2D eigenvalue weighted by Crippen LogP contribution is 2.37. The monoisotopic (exact) mass is 626 g/mol. The summed E-state index contributed by atoms with van der Waals surface area (Å²) in [6.45, 7) is 12.8. The Hall–Kier alpha value is -4.17. The molecule has 1 aliphatic rings. The Morgan fingerprint density at radius 2 is 1.63 bits per heavy atom. The van der Waals surface area contributed by atoms with Gasteiger partial charge in [-0.15, -0.1) is 0 Å². The quantitative estimate of drug-likeness (QED) is 0.146. The van der Waals surface area contributed by atoms with E-state index in [9.17, 15) is 4.79 Å². The summed E-state index contributed by atoms with van der Waals surface area (Å²) in [7, 11) is 1.60. The smallest absolute Gasteiger partial charge is 0.319 e. The van der Waals surface area contributed by atoms with Crippen molar-refractivity contribution in [1.29, 1.82) is 0 Å². The molecule has 2 N–H and O–H groups in total. The molecule has 0 saturated carbocycles. The van der Waals surface area contributed by atoms with Crippen LogP contribution in [0.15, 0.2) is 66.7 Å². The van der Waals surface area contributed by atoms with E-state index in [-0.39, 0.29) is 18.2 Å². The average molecular weight is 627 g/mol. The number of nitrogens with one attached hydrogen (secondary N) is 2. The Kier molecular flexibility index (Phi) is 11.5. The van der Waals surface area contributed by atoms with Crippen LogP contribution in [-0.2, 0) is 6.54 Å². The number of carbonyl (C=O) groups is 1. The number of likely N-dealkylation sites (tertiary alicyclic amines) is 1. The molecule has 4 aromatic rings. The van der Waals surface area contributed by atoms with Gasteiger partial charge in [-0.05, 0) is 112 Å². The number of ether oxygens (including phenoxy) is 3. The maximum Gasteiger partial charge on any atom is 0.319 e. The summed E-state index contributed by atoms with van der Waals surface area (Å²) in [4.78, 5) is 15.0. The van der Waals surface area contributed by atoms with Gasteiger partial charge in [-0.3, -0.25) is 0 Å². The van der Waals surface area contributed by atoms with Crippen LogP contribution in [0, 0.1) is 0 Å². The molecule has 1 aromatic heterocycles. The fourth-order valence-electron chi connectivity index (χ4n) is 6.22. The van der Waals surface area contributed by atoms with Crippen molar-refractivity contribution in [3.05, 3.63) is 66.7 Å². The van der Waals surface area contributed by atoms with Gasteiger partial charge >= 0.3 is 6.03 Å². The molecule has 0 spiro atoms. The summed E-state index contributed by atoms with van der Waals surface area (Å²) in [6, 6.07) is 22.2. The van der Waals surface area contributed by atoms with Gasteiger partial charge in [0.05, 0.1) is 7.11 Å². The van der Waals surface area contributed by atoms with E-state index < -0.39 is 0 Å². The largest absolute Gasteiger partial charge is 0.493 e. The molecule has 3 aromatic carbocycles. The molecule has 8 nitrogen and oxygen atoms in total. The number of hydrogen-bond donors (Lipinski definition) is 2. The van der Waals surface area contributed by atoms with Crippen LogP contribution in [0.1, 0.15) is 66.2 Å². The van der Waals surface area contributed by atoms with Gasteiger partial charge in [-0.25, -0.2) is 4.79 Å². The van der Waals surface area contributed by atoms with Crippen LogP contribution in [0.5, 0.6) is 23.0 Å². The van der Waals surface area contributed by atoms with Crippen molar-refractivity contribution in [3.8, 4) is 34.3 Å².